The fraction of sp³-hybridized carbons (Fsp3) is 0.235. The van der Waals surface area contributed by atoms with E-state index in [0.717, 1.165) is 16.7 Å². The number of benzene rings is 2. The highest BCUT2D eigenvalue weighted by molar-refractivity contribution is 7.92. The van der Waals surface area contributed by atoms with Crippen LogP contribution in [-0.2, 0) is 16.3 Å². The number of hydrogen-bond donors (Lipinski definition) is 0. The third-order valence-corrected chi connectivity index (χ3v) is 5.30. The largest absolute Gasteiger partial charge is 0.329 e. The molecule has 0 aromatic heterocycles. The van der Waals surface area contributed by atoms with Crippen molar-refractivity contribution >= 4 is 9.84 Å². The van der Waals surface area contributed by atoms with E-state index in [2.05, 4.69) is 4.85 Å². The van der Waals surface area contributed by atoms with Crippen molar-refractivity contribution in [1.82, 2.24) is 0 Å². The molecule has 0 bridgehead atoms. The van der Waals surface area contributed by atoms with E-state index in [9.17, 15) is 8.42 Å². The van der Waals surface area contributed by atoms with Crippen LogP contribution in [0.15, 0.2) is 53.4 Å². The van der Waals surface area contributed by atoms with Gasteiger partial charge < -0.3 is 0 Å². The Hall–Kier alpha value is -2.12. The zero-order chi connectivity index (χ0) is 15.5. The fourth-order valence-corrected chi connectivity index (χ4v) is 3.42. The van der Waals surface area contributed by atoms with Gasteiger partial charge in [0.2, 0.25) is 0 Å². The first-order valence-corrected chi connectivity index (χ1v) is 8.21. The molecular weight excluding hydrogens is 282 g/mol. The summed E-state index contributed by atoms with van der Waals surface area (Å²) in [6.07, 6.45) is 0.208. The summed E-state index contributed by atoms with van der Waals surface area (Å²) < 4.78 is 25.1. The van der Waals surface area contributed by atoms with Crippen LogP contribution in [0.5, 0.6) is 0 Å². The Morgan fingerprint density at radius 2 is 1.43 bits per heavy atom. The molecule has 0 aliphatic rings. The molecule has 4 heteroatoms. The molecule has 1 atom stereocenters. The van der Waals surface area contributed by atoms with Gasteiger partial charge in [-0.25, -0.2) is 15.0 Å². The molecule has 0 saturated heterocycles. The van der Waals surface area contributed by atoms with Crippen LogP contribution in [0.3, 0.4) is 0 Å². The summed E-state index contributed by atoms with van der Waals surface area (Å²) >= 11 is 0. The molecule has 0 aliphatic heterocycles. The van der Waals surface area contributed by atoms with Gasteiger partial charge in [0.1, 0.15) is 0 Å². The Balaban J connectivity index is 2.30. The molecule has 2 rings (SSSR count). The summed E-state index contributed by atoms with van der Waals surface area (Å²) in [4.78, 5) is 3.55. The van der Waals surface area contributed by atoms with E-state index in [4.69, 9.17) is 6.57 Å². The van der Waals surface area contributed by atoms with Crippen LogP contribution in [0.2, 0.25) is 0 Å². The number of sulfone groups is 1. The van der Waals surface area contributed by atoms with Crippen LogP contribution in [0.4, 0.5) is 0 Å². The standard InChI is InChI=1S/C17H17NO2S/c1-13-4-8-15(9-5-13)12-17(18-3)21(19,20)16-10-6-14(2)7-11-16/h4-11,17H,12H2,1-2H3. The van der Waals surface area contributed by atoms with Gasteiger partial charge in [-0.05, 0) is 31.5 Å². The molecule has 2 aromatic carbocycles. The molecule has 0 radical (unpaired) electrons. The first kappa shape index (κ1) is 15.3. The second-order valence-corrected chi connectivity index (χ2v) is 7.24. The van der Waals surface area contributed by atoms with E-state index in [1.807, 2.05) is 38.1 Å². The van der Waals surface area contributed by atoms with Gasteiger partial charge >= 0.3 is 5.37 Å². The maximum Gasteiger partial charge on any atom is 0.329 e. The molecule has 0 aliphatic carbocycles. The molecule has 0 saturated carbocycles. The van der Waals surface area contributed by atoms with Crippen LogP contribution in [0.1, 0.15) is 16.7 Å². The Labute approximate surface area is 126 Å². The topological polar surface area (TPSA) is 38.5 Å². The maximum absolute atomic E-state index is 12.5. The van der Waals surface area contributed by atoms with Crippen molar-refractivity contribution in [3.05, 3.63) is 76.6 Å². The minimum atomic E-state index is -3.63. The van der Waals surface area contributed by atoms with E-state index in [1.54, 1.807) is 24.3 Å². The SMILES string of the molecule is [C-]#[N+]C(Cc1ccc(C)cc1)S(=O)(=O)c1ccc(C)cc1. The molecule has 1 unspecified atom stereocenters. The normalized spacial score (nSPS) is 12.6. The van der Waals surface area contributed by atoms with Crippen molar-refractivity contribution in [1.29, 1.82) is 0 Å². The van der Waals surface area contributed by atoms with Crippen molar-refractivity contribution < 1.29 is 8.42 Å². The molecule has 0 N–H and O–H groups in total. The van der Waals surface area contributed by atoms with Crippen molar-refractivity contribution in [2.24, 2.45) is 0 Å². The van der Waals surface area contributed by atoms with Gasteiger partial charge in [-0.15, -0.1) is 0 Å². The molecule has 0 heterocycles. The van der Waals surface area contributed by atoms with Crippen LogP contribution < -0.4 is 0 Å². The average molecular weight is 299 g/mol. The van der Waals surface area contributed by atoms with Gasteiger partial charge in [0.05, 0.1) is 11.3 Å². The van der Waals surface area contributed by atoms with E-state index in [0.29, 0.717) is 0 Å². The van der Waals surface area contributed by atoms with Gasteiger partial charge in [-0.2, -0.15) is 0 Å². The quantitative estimate of drug-likeness (QED) is 0.810. The smallest absolute Gasteiger partial charge is 0.296 e. The van der Waals surface area contributed by atoms with E-state index < -0.39 is 15.2 Å². The third-order valence-electron chi connectivity index (χ3n) is 3.38. The second-order valence-electron chi connectivity index (χ2n) is 5.13. The Bertz CT molecular complexity index is 754. The highest BCUT2D eigenvalue weighted by atomic mass is 32.2. The minimum absolute atomic E-state index is 0.208. The van der Waals surface area contributed by atoms with Gasteiger partial charge in [0.15, 0.2) is 0 Å². The Morgan fingerprint density at radius 3 is 1.90 bits per heavy atom. The molecule has 2 aromatic rings. The minimum Gasteiger partial charge on any atom is -0.296 e. The molecule has 0 spiro atoms. The van der Waals surface area contributed by atoms with Crippen molar-refractivity contribution in [3.63, 3.8) is 0 Å². The number of aryl methyl sites for hydroxylation is 2. The Kier molecular flexibility index (Phi) is 4.44. The summed E-state index contributed by atoms with van der Waals surface area (Å²) in [5.74, 6) is 0. The lowest BCUT2D eigenvalue weighted by atomic mass is 10.1. The second kappa shape index (κ2) is 6.11. The maximum atomic E-state index is 12.5. The van der Waals surface area contributed by atoms with E-state index in [-0.39, 0.29) is 11.3 Å². The first-order chi connectivity index (χ1) is 9.93. The summed E-state index contributed by atoms with van der Waals surface area (Å²) in [5.41, 5.74) is 2.96. The monoisotopic (exact) mass is 299 g/mol. The highest BCUT2D eigenvalue weighted by Gasteiger charge is 2.32. The predicted molar refractivity (Wildman–Crippen MR) is 83.6 cm³/mol. The molecule has 0 amide bonds. The first-order valence-electron chi connectivity index (χ1n) is 6.66. The van der Waals surface area contributed by atoms with Gasteiger partial charge in [0, 0.05) is 0 Å². The zero-order valence-electron chi connectivity index (χ0n) is 12.1. The lowest BCUT2D eigenvalue weighted by Crippen LogP contribution is -2.20. The summed E-state index contributed by atoms with van der Waals surface area (Å²) in [7, 11) is -3.63. The van der Waals surface area contributed by atoms with Crippen LogP contribution in [-0.4, -0.2) is 13.8 Å². The zero-order valence-corrected chi connectivity index (χ0v) is 12.9. The lowest BCUT2D eigenvalue weighted by Gasteiger charge is -2.08. The van der Waals surface area contributed by atoms with Crippen molar-refractivity contribution in [2.75, 3.05) is 0 Å². The summed E-state index contributed by atoms with van der Waals surface area (Å²) in [6, 6.07) is 14.2. The molecular formula is C17H17NO2S. The lowest BCUT2D eigenvalue weighted by molar-refractivity contribution is 0.587. The Morgan fingerprint density at radius 1 is 0.952 bits per heavy atom. The van der Waals surface area contributed by atoms with Crippen LogP contribution in [0, 0.1) is 20.4 Å². The van der Waals surface area contributed by atoms with Crippen molar-refractivity contribution in [3.8, 4) is 0 Å². The molecule has 21 heavy (non-hydrogen) atoms. The number of nitrogens with zero attached hydrogens (tertiary/aromatic N) is 1. The van der Waals surface area contributed by atoms with Crippen LogP contribution >= 0.6 is 0 Å². The predicted octanol–water partition coefficient (Wildman–Crippen LogP) is 3.57. The summed E-state index contributed by atoms with van der Waals surface area (Å²) in [6.45, 7) is 11.1. The van der Waals surface area contributed by atoms with Crippen LogP contribution in [0.25, 0.3) is 4.85 Å². The molecule has 0 fully saturated rings. The molecule has 108 valence electrons. The average Bonchev–Trinajstić information content (AvgIpc) is 2.47. The molecule has 3 nitrogen and oxygen atoms in total. The van der Waals surface area contributed by atoms with Gasteiger partial charge in [-0.1, -0.05) is 47.5 Å². The summed E-state index contributed by atoms with van der Waals surface area (Å²) in [5, 5.41) is -1.08. The van der Waals surface area contributed by atoms with Gasteiger partial charge in [-0.3, -0.25) is 4.85 Å². The van der Waals surface area contributed by atoms with Crippen molar-refractivity contribution in [2.45, 2.75) is 30.5 Å². The van der Waals surface area contributed by atoms with E-state index >= 15 is 0 Å². The van der Waals surface area contributed by atoms with E-state index in [1.165, 1.54) is 0 Å². The fourth-order valence-electron chi connectivity index (χ4n) is 2.04. The number of rotatable bonds is 4. The highest BCUT2D eigenvalue weighted by Crippen LogP contribution is 2.21. The third kappa shape index (κ3) is 3.50. The number of hydrogen-bond acceptors (Lipinski definition) is 2. The van der Waals surface area contributed by atoms with Gasteiger partial charge in [0.25, 0.3) is 9.84 Å².